The molecule has 112 valence electrons. The Balaban J connectivity index is 1.72. The summed E-state index contributed by atoms with van der Waals surface area (Å²) in [6.45, 7) is 6.83. The summed E-state index contributed by atoms with van der Waals surface area (Å²) in [6, 6.07) is 2.14. The highest BCUT2D eigenvalue weighted by Gasteiger charge is 2.22. The number of likely N-dealkylation sites (tertiary alicyclic amines) is 1. The average Bonchev–Trinajstić information content (AvgIpc) is 2.98. The van der Waals surface area contributed by atoms with Crippen LogP contribution < -0.4 is 5.32 Å². The molecule has 1 aromatic rings. The van der Waals surface area contributed by atoms with Crippen LogP contribution in [0.25, 0.3) is 0 Å². The van der Waals surface area contributed by atoms with Crippen molar-refractivity contribution in [3.63, 3.8) is 0 Å². The van der Waals surface area contributed by atoms with Crippen LogP contribution in [0.5, 0.6) is 0 Å². The second-order valence-corrected chi connectivity index (χ2v) is 5.73. The van der Waals surface area contributed by atoms with Crippen molar-refractivity contribution in [3.8, 4) is 0 Å². The van der Waals surface area contributed by atoms with Gasteiger partial charge >= 0.3 is 0 Å². The standard InChI is InChI=1S/C15H26N4O/c1-13(7-12-19-11-6-8-16-19)17-14(2)15(20)18-9-4-3-5-10-18/h6,8,11,13-14,17H,3-5,7,9-10,12H2,1-2H3/t13-,14-/m0/s1. The molecule has 1 aliphatic heterocycles. The zero-order valence-corrected chi connectivity index (χ0v) is 12.6. The molecular formula is C15H26N4O. The molecule has 0 aromatic carbocycles. The molecule has 2 heterocycles. The Bertz CT molecular complexity index is 398. The molecule has 20 heavy (non-hydrogen) atoms. The van der Waals surface area contributed by atoms with Crippen LogP contribution in [0.2, 0.25) is 0 Å². The van der Waals surface area contributed by atoms with E-state index in [1.165, 1.54) is 6.42 Å². The third-order valence-electron chi connectivity index (χ3n) is 3.92. The van der Waals surface area contributed by atoms with Gasteiger partial charge in [0.1, 0.15) is 0 Å². The summed E-state index contributed by atoms with van der Waals surface area (Å²) >= 11 is 0. The molecule has 1 aliphatic rings. The lowest BCUT2D eigenvalue weighted by molar-refractivity contribution is -0.134. The largest absolute Gasteiger partial charge is 0.341 e. The Morgan fingerprint density at radius 2 is 2.05 bits per heavy atom. The molecule has 1 fully saturated rings. The number of nitrogens with one attached hydrogen (secondary N) is 1. The van der Waals surface area contributed by atoms with Gasteiger partial charge in [0.15, 0.2) is 0 Å². The topological polar surface area (TPSA) is 50.2 Å². The predicted molar refractivity (Wildman–Crippen MR) is 79.3 cm³/mol. The van der Waals surface area contributed by atoms with Crippen molar-refractivity contribution in [3.05, 3.63) is 18.5 Å². The van der Waals surface area contributed by atoms with Crippen LogP contribution in [-0.4, -0.2) is 45.8 Å². The Kier molecular flexibility index (Phi) is 5.59. The van der Waals surface area contributed by atoms with Crippen molar-refractivity contribution in [1.29, 1.82) is 0 Å². The molecule has 1 N–H and O–H groups in total. The first-order valence-electron chi connectivity index (χ1n) is 7.69. The van der Waals surface area contributed by atoms with Gasteiger partial charge < -0.3 is 10.2 Å². The second kappa shape index (κ2) is 7.43. The summed E-state index contributed by atoms with van der Waals surface area (Å²) in [5.74, 6) is 0.246. The first-order valence-corrected chi connectivity index (χ1v) is 7.69. The summed E-state index contributed by atoms with van der Waals surface area (Å²) in [4.78, 5) is 14.3. The number of piperidine rings is 1. The monoisotopic (exact) mass is 278 g/mol. The van der Waals surface area contributed by atoms with Crippen molar-refractivity contribution in [1.82, 2.24) is 20.0 Å². The minimum Gasteiger partial charge on any atom is -0.341 e. The van der Waals surface area contributed by atoms with E-state index in [9.17, 15) is 4.79 Å². The first-order chi connectivity index (χ1) is 9.66. The summed E-state index contributed by atoms with van der Waals surface area (Å²) in [6.07, 6.45) is 8.28. The van der Waals surface area contributed by atoms with E-state index < -0.39 is 0 Å². The van der Waals surface area contributed by atoms with Crippen LogP contribution >= 0.6 is 0 Å². The molecule has 0 aliphatic carbocycles. The van der Waals surface area contributed by atoms with E-state index >= 15 is 0 Å². The molecule has 1 aromatic heterocycles. The number of hydrogen-bond acceptors (Lipinski definition) is 3. The molecule has 0 spiro atoms. The van der Waals surface area contributed by atoms with Gasteiger partial charge in [0, 0.05) is 38.1 Å². The van der Waals surface area contributed by atoms with Crippen molar-refractivity contribution < 1.29 is 4.79 Å². The van der Waals surface area contributed by atoms with E-state index in [1.54, 1.807) is 6.20 Å². The van der Waals surface area contributed by atoms with Gasteiger partial charge in [-0.25, -0.2) is 0 Å². The highest BCUT2D eigenvalue weighted by molar-refractivity contribution is 5.81. The molecule has 0 radical (unpaired) electrons. The minimum atomic E-state index is -0.0966. The van der Waals surface area contributed by atoms with Crippen molar-refractivity contribution in [2.45, 2.75) is 58.2 Å². The van der Waals surface area contributed by atoms with E-state index in [4.69, 9.17) is 0 Å². The lowest BCUT2D eigenvalue weighted by Crippen LogP contribution is -2.49. The van der Waals surface area contributed by atoms with Crippen LogP contribution in [0.15, 0.2) is 18.5 Å². The lowest BCUT2D eigenvalue weighted by atomic mass is 10.1. The van der Waals surface area contributed by atoms with Crippen LogP contribution in [0.1, 0.15) is 39.5 Å². The Morgan fingerprint density at radius 1 is 1.30 bits per heavy atom. The molecule has 1 saturated heterocycles. The number of aromatic nitrogens is 2. The third kappa shape index (κ3) is 4.34. The van der Waals surface area contributed by atoms with Crippen LogP contribution in [-0.2, 0) is 11.3 Å². The minimum absolute atomic E-state index is 0.0966. The molecule has 0 bridgehead atoms. The van der Waals surface area contributed by atoms with Gasteiger partial charge in [-0.15, -0.1) is 0 Å². The zero-order chi connectivity index (χ0) is 14.4. The van der Waals surface area contributed by atoms with Gasteiger partial charge in [-0.2, -0.15) is 5.10 Å². The maximum absolute atomic E-state index is 12.3. The van der Waals surface area contributed by atoms with Crippen molar-refractivity contribution in [2.24, 2.45) is 0 Å². The lowest BCUT2D eigenvalue weighted by Gasteiger charge is -2.30. The molecule has 1 amide bonds. The van der Waals surface area contributed by atoms with Crippen LogP contribution in [0.3, 0.4) is 0 Å². The predicted octanol–water partition coefficient (Wildman–Crippen LogP) is 1.65. The summed E-state index contributed by atoms with van der Waals surface area (Å²) < 4.78 is 1.93. The van der Waals surface area contributed by atoms with Crippen molar-refractivity contribution >= 4 is 5.91 Å². The van der Waals surface area contributed by atoms with Gasteiger partial charge in [0.2, 0.25) is 5.91 Å². The highest BCUT2D eigenvalue weighted by atomic mass is 16.2. The summed E-state index contributed by atoms with van der Waals surface area (Å²) in [5, 5.41) is 7.60. The molecule has 2 rings (SSSR count). The number of rotatable bonds is 6. The SMILES string of the molecule is C[C@H](N[C@@H](C)CCn1cccn1)C(=O)N1CCCCC1. The molecule has 5 nitrogen and oxygen atoms in total. The molecular weight excluding hydrogens is 252 g/mol. The van der Waals surface area contributed by atoms with Crippen LogP contribution in [0, 0.1) is 0 Å². The Labute approximate surface area is 121 Å². The number of carbonyl (C=O) groups is 1. The first kappa shape index (κ1) is 15.0. The number of carbonyl (C=O) groups excluding carboxylic acids is 1. The average molecular weight is 278 g/mol. The normalized spacial score (nSPS) is 18.8. The molecule has 0 unspecified atom stereocenters. The number of amides is 1. The number of hydrogen-bond donors (Lipinski definition) is 1. The Morgan fingerprint density at radius 3 is 2.70 bits per heavy atom. The molecule has 5 heteroatoms. The maximum Gasteiger partial charge on any atom is 0.239 e. The molecule has 0 saturated carbocycles. The van der Waals surface area contributed by atoms with Gasteiger partial charge in [0.25, 0.3) is 0 Å². The van der Waals surface area contributed by atoms with E-state index in [-0.39, 0.29) is 11.9 Å². The summed E-state index contributed by atoms with van der Waals surface area (Å²) in [5.41, 5.74) is 0. The summed E-state index contributed by atoms with van der Waals surface area (Å²) in [7, 11) is 0. The van der Waals surface area contributed by atoms with Gasteiger partial charge in [-0.3, -0.25) is 9.48 Å². The van der Waals surface area contributed by atoms with Gasteiger partial charge in [-0.05, 0) is 45.6 Å². The number of nitrogens with zero attached hydrogens (tertiary/aromatic N) is 3. The molecule has 2 atom stereocenters. The third-order valence-corrected chi connectivity index (χ3v) is 3.92. The van der Waals surface area contributed by atoms with E-state index in [1.807, 2.05) is 28.8 Å². The van der Waals surface area contributed by atoms with E-state index in [2.05, 4.69) is 17.3 Å². The smallest absolute Gasteiger partial charge is 0.239 e. The fourth-order valence-corrected chi connectivity index (χ4v) is 2.73. The fourth-order valence-electron chi connectivity index (χ4n) is 2.73. The zero-order valence-electron chi connectivity index (χ0n) is 12.6. The highest BCUT2D eigenvalue weighted by Crippen LogP contribution is 2.10. The quantitative estimate of drug-likeness (QED) is 0.861. The van der Waals surface area contributed by atoms with Crippen LogP contribution in [0.4, 0.5) is 0 Å². The van der Waals surface area contributed by atoms with Gasteiger partial charge in [0.05, 0.1) is 6.04 Å². The number of aryl methyl sites for hydroxylation is 1. The second-order valence-electron chi connectivity index (χ2n) is 5.73. The van der Waals surface area contributed by atoms with Gasteiger partial charge in [-0.1, -0.05) is 0 Å². The maximum atomic E-state index is 12.3. The van der Waals surface area contributed by atoms with E-state index in [0.717, 1.165) is 38.9 Å². The van der Waals surface area contributed by atoms with Crippen molar-refractivity contribution in [2.75, 3.05) is 13.1 Å². The fraction of sp³-hybridized carbons (Fsp3) is 0.733. The van der Waals surface area contributed by atoms with E-state index in [0.29, 0.717) is 6.04 Å². The Hall–Kier alpha value is -1.36.